The van der Waals surface area contributed by atoms with Crippen molar-refractivity contribution in [2.24, 2.45) is 0 Å². The minimum atomic E-state index is 0.112. The fourth-order valence-electron chi connectivity index (χ4n) is 4.06. The molecule has 4 heteroatoms. The molecule has 1 saturated heterocycles. The van der Waals surface area contributed by atoms with Crippen LogP contribution >= 0.6 is 0 Å². The third-order valence-electron chi connectivity index (χ3n) is 5.80. The lowest BCUT2D eigenvalue weighted by atomic mass is 9.97. The van der Waals surface area contributed by atoms with Crippen LogP contribution in [0.4, 0.5) is 0 Å². The van der Waals surface area contributed by atoms with Crippen molar-refractivity contribution in [1.82, 2.24) is 10.2 Å². The molecular formula is C24H32N2O2. The van der Waals surface area contributed by atoms with E-state index in [1.807, 2.05) is 24.3 Å². The van der Waals surface area contributed by atoms with Crippen molar-refractivity contribution in [1.29, 1.82) is 0 Å². The molecule has 0 radical (unpaired) electrons. The molecule has 1 aliphatic rings. The second-order valence-corrected chi connectivity index (χ2v) is 7.80. The van der Waals surface area contributed by atoms with Gasteiger partial charge in [0.2, 0.25) is 5.91 Å². The number of rotatable bonds is 8. The SMILES string of the molecule is COc1ccc(C(C)CC(=O)NCC(c2ccccc2C)N2CCCC2)cc1. The van der Waals surface area contributed by atoms with E-state index in [0.717, 1.165) is 24.4 Å². The van der Waals surface area contributed by atoms with Crippen LogP contribution in [0, 0.1) is 6.92 Å². The molecule has 1 amide bonds. The number of nitrogens with zero attached hydrogens (tertiary/aromatic N) is 1. The van der Waals surface area contributed by atoms with Gasteiger partial charge < -0.3 is 10.1 Å². The molecule has 3 rings (SSSR count). The number of methoxy groups -OCH3 is 1. The maximum Gasteiger partial charge on any atom is 0.220 e. The van der Waals surface area contributed by atoms with Crippen LogP contribution in [0.25, 0.3) is 0 Å². The standard InChI is InChI=1S/C24H32N2O2/c1-18-8-4-5-9-22(18)23(26-14-6-7-15-26)17-25-24(27)16-19(2)20-10-12-21(28-3)13-11-20/h4-5,8-13,19,23H,6-7,14-17H2,1-3H3,(H,25,27). The zero-order valence-electron chi connectivity index (χ0n) is 17.3. The average molecular weight is 381 g/mol. The van der Waals surface area contributed by atoms with Crippen LogP contribution in [0.3, 0.4) is 0 Å². The van der Waals surface area contributed by atoms with Gasteiger partial charge in [-0.1, -0.05) is 43.3 Å². The summed E-state index contributed by atoms with van der Waals surface area (Å²) < 4.78 is 5.21. The fraction of sp³-hybridized carbons (Fsp3) is 0.458. The molecule has 1 heterocycles. The van der Waals surface area contributed by atoms with Crippen molar-refractivity contribution in [3.63, 3.8) is 0 Å². The Morgan fingerprint density at radius 1 is 1.11 bits per heavy atom. The van der Waals surface area contributed by atoms with Crippen LogP contribution in [0.5, 0.6) is 5.75 Å². The molecule has 150 valence electrons. The maximum absolute atomic E-state index is 12.6. The highest BCUT2D eigenvalue weighted by atomic mass is 16.5. The number of likely N-dealkylation sites (tertiary alicyclic amines) is 1. The van der Waals surface area contributed by atoms with Crippen molar-refractivity contribution < 1.29 is 9.53 Å². The van der Waals surface area contributed by atoms with E-state index in [-0.39, 0.29) is 17.9 Å². The Labute approximate surface area is 168 Å². The number of aryl methyl sites for hydroxylation is 1. The molecule has 4 nitrogen and oxygen atoms in total. The summed E-state index contributed by atoms with van der Waals surface area (Å²) in [5.74, 6) is 1.13. The van der Waals surface area contributed by atoms with Crippen LogP contribution in [0.15, 0.2) is 48.5 Å². The number of nitrogens with one attached hydrogen (secondary N) is 1. The quantitative estimate of drug-likeness (QED) is 0.736. The van der Waals surface area contributed by atoms with Gasteiger partial charge in [-0.05, 0) is 67.6 Å². The molecule has 0 spiro atoms. The van der Waals surface area contributed by atoms with Crippen LogP contribution in [-0.2, 0) is 4.79 Å². The van der Waals surface area contributed by atoms with Gasteiger partial charge in [-0.2, -0.15) is 0 Å². The highest BCUT2D eigenvalue weighted by Gasteiger charge is 2.25. The first-order chi connectivity index (χ1) is 13.6. The van der Waals surface area contributed by atoms with Gasteiger partial charge in [-0.25, -0.2) is 0 Å². The summed E-state index contributed by atoms with van der Waals surface area (Å²) in [5.41, 5.74) is 3.78. The summed E-state index contributed by atoms with van der Waals surface area (Å²) in [7, 11) is 1.66. The number of hydrogen-bond donors (Lipinski definition) is 1. The first kappa shape index (κ1) is 20.4. The monoisotopic (exact) mass is 380 g/mol. The highest BCUT2D eigenvalue weighted by molar-refractivity contribution is 5.76. The van der Waals surface area contributed by atoms with Crippen molar-refractivity contribution in [2.75, 3.05) is 26.7 Å². The molecular weight excluding hydrogens is 348 g/mol. The Morgan fingerprint density at radius 2 is 1.79 bits per heavy atom. The lowest BCUT2D eigenvalue weighted by molar-refractivity contribution is -0.121. The van der Waals surface area contributed by atoms with Crippen molar-refractivity contribution in [2.45, 2.75) is 45.1 Å². The normalized spacial score (nSPS) is 16.5. The van der Waals surface area contributed by atoms with Crippen LogP contribution < -0.4 is 10.1 Å². The van der Waals surface area contributed by atoms with E-state index >= 15 is 0 Å². The van der Waals surface area contributed by atoms with Crippen molar-refractivity contribution in [3.8, 4) is 5.75 Å². The van der Waals surface area contributed by atoms with Gasteiger partial charge in [0.25, 0.3) is 0 Å². The molecule has 0 aliphatic carbocycles. The van der Waals surface area contributed by atoms with E-state index in [9.17, 15) is 4.79 Å². The zero-order chi connectivity index (χ0) is 19.9. The van der Waals surface area contributed by atoms with E-state index in [4.69, 9.17) is 4.74 Å². The predicted molar refractivity (Wildman–Crippen MR) is 114 cm³/mol. The molecule has 2 aromatic rings. The molecule has 2 unspecified atom stereocenters. The molecule has 2 aromatic carbocycles. The van der Waals surface area contributed by atoms with E-state index < -0.39 is 0 Å². The molecule has 0 bridgehead atoms. The minimum absolute atomic E-state index is 0.112. The van der Waals surface area contributed by atoms with Gasteiger partial charge in [0, 0.05) is 13.0 Å². The van der Waals surface area contributed by atoms with Gasteiger partial charge >= 0.3 is 0 Å². The Hall–Kier alpha value is -2.33. The first-order valence-corrected chi connectivity index (χ1v) is 10.3. The lowest BCUT2D eigenvalue weighted by Gasteiger charge is -2.29. The number of benzene rings is 2. The number of hydrogen-bond acceptors (Lipinski definition) is 3. The second-order valence-electron chi connectivity index (χ2n) is 7.80. The first-order valence-electron chi connectivity index (χ1n) is 10.3. The molecule has 1 fully saturated rings. The van der Waals surface area contributed by atoms with Crippen molar-refractivity contribution >= 4 is 5.91 Å². The average Bonchev–Trinajstić information content (AvgIpc) is 3.24. The highest BCUT2D eigenvalue weighted by Crippen LogP contribution is 2.27. The Morgan fingerprint density at radius 3 is 2.43 bits per heavy atom. The number of amides is 1. The van der Waals surface area contributed by atoms with Gasteiger partial charge in [0.1, 0.15) is 5.75 Å². The fourth-order valence-corrected chi connectivity index (χ4v) is 4.06. The molecule has 1 N–H and O–H groups in total. The summed E-state index contributed by atoms with van der Waals surface area (Å²) in [4.78, 5) is 15.1. The Balaban J connectivity index is 1.60. The number of carbonyl (C=O) groups is 1. The number of carbonyl (C=O) groups excluding carboxylic acids is 1. The van der Waals surface area contributed by atoms with E-state index in [0.29, 0.717) is 13.0 Å². The smallest absolute Gasteiger partial charge is 0.220 e. The summed E-state index contributed by atoms with van der Waals surface area (Å²) in [6.45, 7) is 7.14. The van der Waals surface area contributed by atoms with Crippen molar-refractivity contribution in [3.05, 3.63) is 65.2 Å². The van der Waals surface area contributed by atoms with Crippen LogP contribution in [-0.4, -0.2) is 37.6 Å². The molecule has 0 aromatic heterocycles. The molecule has 2 atom stereocenters. The zero-order valence-corrected chi connectivity index (χ0v) is 17.3. The minimum Gasteiger partial charge on any atom is -0.497 e. The topological polar surface area (TPSA) is 41.6 Å². The Kier molecular flexibility index (Phi) is 7.10. The van der Waals surface area contributed by atoms with Gasteiger partial charge in [0.15, 0.2) is 0 Å². The lowest BCUT2D eigenvalue weighted by Crippen LogP contribution is -2.37. The summed E-state index contributed by atoms with van der Waals surface area (Å²) in [5, 5.41) is 3.20. The second kappa shape index (κ2) is 9.74. The van der Waals surface area contributed by atoms with Crippen LogP contribution in [0.1, 0.15) is 54.8 Å². The molecule has 0 saturated carbocycles. The summed E-state index contributed by atoms with van der Waals surface area (Å²) in [6, 6.07) is 16.8. The summed E-state index contributed by atoms with van der Waals surface area (Å²) >= 11 is 0. The van der Waals surface area contributed by atoms with Gasteiger partial charge in [-0.3, -0.25) is 9.69 Å². The van der Waals surface area contributed by atoms with E-state index in [1.165, 1.54) is 24.0 Å². The third kappa shape index (κ3) is 5.14. The largest absolute Gasteiger partial charge is 0.497 e. The van der Waals surface area contributed by atoms with Gasteiger partial charge in [0.05, 0.1) is 13.2 Å². The van der Waals surface area contributed by atoms with E-state index in [2.05, 4.69) is 48.3 Å². The summed E-state index contributed by atoms with van der Waals surface area (Å²) in [6.07, 6.45) is 2.97. The van der Waals surface area contributed by atoms with Gasteiger partial charge in [-0.15, -0.1) is 0 Å². The molecule has 28 heavy (non-hydrogen) atoms. The predicted octanol–water partition coefficient (Wildman–Crippen LogP) is 4.45. The third-order valence-corrected chi connectivity index (χ3v) is 5.80. The number of ether oxygens (including phenoxy) is 1. The van der Waals surface area contributed by atoms with E-state index in [1.54, 1.807) is 7.11 Å². The van der Waals surface area contributed by atoms with Crippen LogP contribution in [0.2, 0.25) is 0 Å². The maximum atomic E-state index is 12.6. The Bertz CT molecular complexity index is 766. The molecule has 1 aliphatic heterocycles.